The average Bonchev–Trinajstić information content (AvgIpc) is 2.26. The Morgan fingerprint density at radius 2 is 2.25 bits per heavy atom. The van der Waals surface area contributed by atoms with E-state index < -0.39 is 0 Å². The summed E-state index contributed by atoms with van der Waals surface area (Å²) in [6.07, 6.45) is 1.94. The van der Waals surface area contributed by atoms with Gasteiger partial charge in [-0.25, -0.2) is 4.39 Å². The third kappa shape index (κ3) is 3.85. The first kappa shape index (κ1) is 13.6. The minimum absolute atomic E-state index is 0.220. The van der Waals surface area contributed by atoms with Gasteiger partial charge in [-0.2, -0.15) is 0 Å². The molecule has 16 heavy (non-hydrogen) atoms. The van der Waals surface area contributed by atoms with Crippen LogP contribution in [0.1, 0.15) is 24.4 Å². The van der Waals surface area contributed by atoms with Crippen LogP contribution in [0.25, 0.3) is 0 Å². The van der Waals surface area contributed by atoms with Gasteiger partial charge >= 0.3 is 0 Å². The van der Waals surface area contributed by atoms with E-state index >= 15 is 0 Å². The zero-order valence-corrected chi connectivity index (χ0v) is 11.2. The number of nitrogens with one attached hydrogen (secondary N) is 1. The van der Waals surface area contributed by atoms with E-state index in [-0.39, 0.29) is 11.9 Å². The second-order valence-corrected chi connectivity index (χ2v) is 4.50. The maximum Gasteiger partial charge on any atom is 0.124 e. The van der Waals surface area contributed by atoms with Crippen LogP contribution in [0.3, 0.4) is 0 Å². The summed E-state index contributed by atoms with van der Waals surface area (Å²) >= 11 is 3.39. The second kappa shape index (κ2) is 6.99. The summed E-state index contributed by atoms with van der Waals surface area (Å²) < 4.78 is 18.8. The third-order valence-corrected chi connectivity index (χ3v) is 3.21. The predicted octanol–water partition coefficient (Wildman–Crippen LogP) is 3.28. The lowest BCUT2D eigenvalue weighted by molar-refractivity contribution is 0.189. The van der Waals surface area contributed by atoms with Crippen molar-refractivity contribution >= 4 is 15.9 Å². The number of hydrogen-bond donors (Lipinski definition) is 1. The largest absolute Gasteiger partial charge is 0.385 e. The van der Waals surface area contributed by atoms with Crippen molar-refractivity contribution in [2.75, 3.05) is 20.8 Å². The Labute approximate surface area is 104 Å². The van der Waals surface area contributed by atoms with Crippen LogP contribution in [0.5, 0.6) is 0 Å². The first-order valence-corrected chi connectivity index (χ1v) is 6.09. The smallest absolute Gasteiger partial charge is 0.124 e. The summed E-state index contributed by atoms with van der Waals surface area (Å²) in [7, 11) is 3.61. The first-order chi connectivity index (χ1) is 7.69. The Bertz CT molecular complexity index is 333. The predicted molar refractivity (Wildman–Crippen MR) is 67.0 cm³/mol. The van der Waals surface area contributed by atoms with Gasteiger partial charge in [-0.05, 0) is 37.6 Å². The molecule has 0 aliphatic rings. The Morgan fingerprint density at radius 1 is 1.50 bits per heavy atom. The molecule has 4 heteroatoms. The molecule has 0 heterocycles. The van der Waals surface area contributed by atoms with Gasteiger partial charge in [-0.1, -0.05) is 22.0 Å². The van der Waals surface area contributed by atoms with Crippen molar-refractivity contribution in [2.24, 2.45) is 0 Å². The summed E-state index contributed by atoms with van der Waals surface area (Å²) in [5.41, 5.74) is 1.08. The number of methoxy groups -OCH3 is 1. The summed E-state index contributed by atoms with van der Waals surface area (Å²) in [6.45, 7) is 0.747. The first-order valence-electron chi connectivity index (χ1n) is 5.30. The molecule has 0 bridgehead atoms. The van der Waals surface area contributed by atoms with Crippen LogP contribution < -0.4 is 5.32 Å². The molecule has 1 atom stereocenters. The Balaban J connectivity index is 2.70. The van der Waals surface area contributed by atoms with Gasteiger partial charge in [0, 0.05) is 24.2 Å². The standard InChI is InChI=1S/C12H17BrFNO/c1-15-12(4-3-7-16-2)10-6-5-9(14)8-11(10)13/h5-6,8,12,15H,3-4,7H2,1-2H3. The lowest BCUT2D eigenvalue weighted by Gasteiger charge is -2.18. The molecule has 0 amide bonds. The fraction of sp³-hybridized carbons (Fsp3) is 0.500. The van der Waals surface area contributed by atoms with E-state index in [0.29, 0.717) is 0 Å². The third-order valence-electron chi connectivity index (χ3n) is 2.53. The van der Waals surface area contributed by atoms with Crippen LogP contribution in [-0.2, 0) is 4.74 Å². The average molecular weight is 290 g/mol. The Morgan fingerprint density at radius 3 is 2.81 bits per heavy atom. The van der Waals surface area contributed by atoms with Crippen LogP contribution in [0, 0.1) is 5.82 Å². The molecule has 0 saturated carbocycles. The molecule has 0 aliphatic heterocycles. The number of halogens is 2. The molecule has 0 fully saturated rings. The highest BCUT2D eigenvalue weighted by Crippen LogP contribution is 2.27. The van der Waals surface area contributed by atoms with Crippen LogP contribution in [0.2, 0.25) is 0 Å². The number of rotatable bonds is 6. The summed E-state index contributed by atoms with van der Waals surface area (Å²) in [5, 5.41) is 3.23. The van der Waals surface area contributed by atoms with Gasteiger partial charge < -0.3 is 10.1 Å². The zero-order chi connectivity index (χ0) is 12.0. The molecule has 0 spiro atoms. The SMILES string of the molecule is CNC(CCCOC)c1ccc(F)cc1Br. The fourth-order valence-corrected chi connectivity index (χ4v) is 2.30. The lowest BCUT2D eigenvalue weighted by atomic mass is 10.0. The van der Waals surface area contributed by atoms with Gasteiger partial charge in [0.15, 0.2) is 0 Å². The van der Waals surface area contributed by atoms with Gasteiger partial charge in [0.1, 0.15) is 5.82 Å². The molecule has 0 radical (unpaired) electrons. The molecule has 90 valence electrons. The molecule has 1 unspecified atom stereocenters. The molecule has 1 N–H and O–H groups in total. The van der Waals surface area contributed by atoms with Crippen LogP contribution in [-0.4, -0.2) is 20.8 Å². The normalized spacial score (nSPS) is 12.8. The minimum atomic E-state index is -0.220. The summed E-state index contributed by atoms with van der Waals surface area (Å²) in [4.78, 5) is 0. The van der Waals surface area contributed by atoms with Crippen molar-refractivity contribution in [1.82, 2.24) is 5.32 Å². The topological polar surface area (TPSA) is 21.3 Å². The Hall–Kier alpha value is -0.450. The van der Waals surface area contributed by atoms with E-state index in [0.717, 1.165) is 29.5 Å². The van der Waals surface area contributed by atoms with Crippen molar-refractivity contribution < 1.29 is 9.13 Å². The molecule has 1 aromatic carbocycles. The van der Waals surface area contributed by atoms with E-state index in [1.54, 1.807) is 7.11 Å². The van der Waals surface area contributed by atoms with E-state index in [2.05, 4.69) is 21.2 Å². The molecule has 0 saturated heterocycles. The Kier molecular flexibility index (Phi) is 5.95. The van der Waals surface area contributed by atoms with Crippen molar-refractivity contribution in [3.8, 4) is 0 Å². The van der Waals surface area contributed by atoms with E-state index in [4.69, 9.17) is 4.74 Å². The lowest BCUT2D eigenvalue weighted by Crippen LogP contribution is -2.17. The number of benzene rings is 1. The van der Waals surface area contributed by atoms with E-state index in [9.17, 15) is 4.39 Å². The molecule has 0 aromatic heterocycles. The fourth-order valence-electron chi connectivity index (χ4n) is 1.67. The van der Waals surface area contributed by atoms with Crippen molar-refractivity contribution in [1.29, 1.82) is 0 Å². The highest BCUT2D eigenvalue weighted by molar-refractivity contribution is 9.10. The van der Waals surface area contributed by atoms with Gasteiger partial charge in [0.25, 0.3) is 0 Å². The minimum Gasteiger partial charge on any atom is -0.385 e. The van der Waals surface area contributed by atoms with Crippen molar-refractivity contribution in [3.63, 3.8) is 0 Å². The highest BCUT2D eigenvalue weighted by atomic mass is 79.9. The molecule has 2 nitrogen and oxygen atoms in total. The quantitative estimate of drug-likeness (QED) is 0.812. The van der Waals surface area contributed by atoms with Gasteiger partial charge in [0.2, 0.25) is 0 Å². The maximum absolute atomic E-state index is 13.0. The van der Waals surface area contributed by atoms with Crippen molar-refractivity contribution in [3.05, 3.63) is 34.1 Å². The van der Waals surface area contributed by atoms with Gasteiger partial charge in [0.05, 0.1) is 0 Å². The molecule has 0 aliphatic carbocycles. The number of ether oxygens (including phenoxy) is 1. The van der Waals surface area contributed by atoms with Crippen molar-refractivity contribution in [2.45, 2.75) is 18.9 Å². The van der Waals surface area contributed by atoms with E-state index in [1.165, 1.54) is 12.1 Å². The van der Waals surface area contributed by atoms with Crippen LogP contribution in [0.15, 0.2) is 22.7 Å². The summed E-state index contributed by atoms with van der Waals surface area (Å²) in [5.74, 6) is -0.220. The molecule has 1 rings (SSSR count). The maximum atomic E-state index is 13.0. The van der Waals surface area contributed by atoms with Gasteiger partial charge in [-0.15, -0.1) is 0 Å². The number of hydrogen-bond acceptors (Lipinski definition) is 2. The molecular weight excluding hydrogens is 273 g/mol. The molecular formula is C12H17BrFNO. The highest BCUT2D eigenvalue weighted by Gasteiger charge is 2.12. The van der Waals surface area contributed by atoms with Crippen LogP contribution >= 0.6 is 15.9 Å². The van der Waals surface area contributed by atoms with Gasteiger partial charge in [-0.3, -0.25) is 0 Å². The molecule has 1 aromatic rings. The van der Waals surface area contributed by atoms with E-state index in [1.807, 2.05) is 13.1 Å². The zero-order valence-electron chi connectivity index (χ0n) is 9.59. The summed E-state index contributed by atoms with van der Waals surface area (Å²) in [6, 6.07) is 5.02. The monoisotopic (exact) mass is 289 g/mol. The van der Waals surface area contributed by atoms with Crippen LogP contribution in [0.4, 0.5) is 4.39 Å². The second-order valence-electron chi connectivity index (χ2n) is 3.64.